The van der Waals surface area contributed by atoms with Crippen LogP contribution in [0, 0.1) is 5.92 Å². The number of piperidine rings is 1. The molecule has 2 rings (SSSR count). The molecule has 20 heavy (non-hydrogen) atoms. The Labute approximate surface area is 121 Å². The highest BCUT2D eigenvalue weighted by molar-refractivity contribution is 5.42. The molecule has 1 fully saturated rings. The van der Waals surface area contributed by atoms with E-state index in [0.717, 1.165) is 19.7 Å². The van der Waals surface area contributed by atoms with Gasteiger partial charge in [0.2, 0.25) is 0 Å². The Morgan fingerprint density at radius 3 is 2.60 bits per heavy atom. The van der Waals surface area contributed by atoms with Crippen molar-refractivity contribution in [3.05, 3.63) is 23.8 Å². The van der Waals surface area contributed by atoms with Gasteiger partial charge in [-0.25, -0.2) is 0 Å². The SMILES string of the molecule is COCC1CCN(C(C)c2ccc(O)c(OC)c2)CC1. The number of phenolic OH excluding ortho intramolecular Hbond substituents is 1. The molecule has 1 atom stereocenters. The number of hydrogen-bond donors (Lipinski definition) is 1. The van der Waals surface area contributed by atoms with Gasteiger partial charge in [-0.2, -0.15) is 0 Å². The lowest BCUT2D eigenvalue weighted by Crippen LogP contribution is -2.36. The van der Waals surface area contributed by atoms with Crippen molar-refractivity contribution in [2.24, 2.45) is 5.92 Å². The molecule has 112 valence electrons. The maximum Gasteiger partial charge on any atom is 0.160 e. The Morgan fingerprint density at radius 1 is 1.30 bits per heavy atom. The Balaban J connectivity index is 1.99. The summed E-state index contributed by atoms with van der Waals surface area (Å²) in [5, 5.41) is 9.67. The predicted molar refractivity (Wildman–Crippen MR) is 79.2 cm³/mol. The Bertz CT molecular complexity index is 428. The summed E-state index contributed by atoms with van der Waals surface area (Å²) in [6, 6.07) is 5.96. The summed E-state index contributed by atoms with van der Waals surface area (Å²) in [5.74, 6) is 1.43. The lowest BCUT2D eigenvalue weighted by atomic mass is 9.95. The molecule has 0 radical (unpaired) electrons. The van der Waals surface area contributed by atoms with Crippen LogP contribution in [0.3, 0.4) is 0 Å². The van der Waals surface area contributed by atoms with Crippen LogP contribution in [0.5, 0.6) is 11.5 Å². The van der Waals surface area contributed by atoms with Crippen molar-refractivity contribution in [3.63, 3.8) is 0 Å². The van der Waals surface area contributed by atoms with E-state index in [-0.39, 0.29) is 5.75 Å². The molecule has 0 spiro atoms. The smallest absolute Gasteiger partial charge is 0.160 e. The normalized spacial score (nSPS) is 18.9. The molecule has 1 aliphatic heterocycles. The van der Waals surface area contributed by atoms with Crippen LogP contribution in [-0.4, -0.2) is 43.9 Å². The van der Waals surface area contributed by atoms with Crippen LogP contribution in [0.1, 0.15) is 31.4 Å². The summed E-state index contributed by atoms with van der Waals surface area (Å²) in [6.07, 6.45) is 2.38. The first-order valence-corrected chi connectivity index (χ1v) is 7.25. The molecule has 1 heterocycles. The van der Waals surface area contributed by atoms with E-state index in [1.807, 2.05) is 12.1 Å². The predicted octanol–water partition coefficient (Wildman–Crippen LogP) is 2.82. The number of phenols is 1. The van der Waals surface area contributed by atoms with Crippen molar-refractivity contribution in [3.8, 4) is 11.5 Å². The fraction of sp³-hybridized carbons (Fsp3) is 0.625. The van der Waals surface area contributed by atoms with Crippen molar-refractivity contribution in [1.82, 2.24) is 4.90 Å². The summed E-state index contributed by atoms with van der Waals surface area (Å²) < 4.78 is 10.4. The molecule has 0 bridgehead atoms. The molecule has 0 aromatic heterocycles. The Morgan fingerprint density at radius 2 is 2.00 bits per heavy atom. The van der Waals surface area contributed by atoms with Crippen LogP contribution < -0.4 is 4.74 Å². The second kappa shape index (κ2) is 6.95. The van der Waals surface area contributed by atoms with E-state index in [1.165, 1.54) is 18.4 Å². The molecule has 0 aliphatic carbocycles. The molecule has 4 heteroatoms. The quantitative estimate of drug-likeness (QED) is 0.900. The monoisotopic (exact) mass is 279 g/mol. The molecule has 1 saturated heterocycles. The number of rotatable bonds is 5. The fourth-order valence-corrected chi connectivity index (χ4v) is 2.91. The standard InChI is InChI=1S/C16H25NO3/c1-12(14-4-5-15(18)16(10-14)20-3)17-8-6-13(7-9-17)11-19-2/h4-5,10,12-13,18H,6-9,11H2,1-3H3. The summed E-state index contributed by atoms with van der Waals surface area (Å²) in [7, 11) is 3.36. The third-order valence-electron chi connectivity index (χ3n) is 4.29. The maximum absolute atomic E-state index is 9.67. The molecule has 1 aromatic rings. The van der Waals surface area contributed by atoms with Gasteiger partial charge in [0.05, 0.1) is 7.11 Å². The van der Waals surface area contributed by atoms with E-state index >= 15 is 0 Å². The van der Waals surface area contributed by atoms with E-state index in [0.29, 0.717) is 17.7 Å². The van der Waals surface area contributed by atoms with E-state index in [2.05, 4.69) is 11.8 Å². The van der Waals surface area contributed by atoms with E-state index in [1.54, 1.807) is 20.3 Å². The number of nitrogens with zero attached hydrogens (tertiary/aromatic N) is 1. The summed E-state index contributed by atoms with van der Waals surface area (Å²) in [5.41, 5.74) is 1.19. The zero-order valence-corrected chi connectivity index (χ0v) is 12.6. The van der Waals surface area contributed by atoms with Gasteiger partial charge in [-0.05, 0) is 56.5 Å². The third kappa shape index (κ3) is 3.44. The van der Waals surface area contributed by atoms with Crippen LogP contribution in [0.2, 0.25) is 0 Å². The lowest BCUT2D eigenvalue weighted by molar-refractivity contribution is 0.0833. The van der Waals surface area contributed by atoms with Crippen molar-refractivity contribution >= 4 is 0 Å². The summed E-state index contributed by atoms with van der Waals surface area (Å²) in [4.78, 5) is 2.48. The fourth-order valence-electron chi connectivity index (χ4n) is 2.91. The first-order chi connectivity index (χ1) is 9.65. The zero-order valence-electron chi connectivity index (χ0n) is 12.6. The van der Waals surface area contributed by atoms with E-state index in [9.17, 15) is 5.11 Å². The average molecular weight is 279 g/mol. The molecule has 0 amide bonds. The molecule has 1 aromatic carbocycles. The van der Waals surface area contributed by atoms with Crippen molar-refractivity contribution in [2.75, 3.05) is 33.9 Å². The van der Waals surface area contributed by atoms with Gasteiger partial charge >= 0.3 is 0 Å². The lowest BCUT2D eigenvalue weighted by Gasteiger charge is -2.36. The largest absolute Gasteiger partial charge is 0.504 e. The molecule has 4 nitrogen and oxygen atoms in total. The van der Waals surface area contributed by atoms with Crippen LogP contribution >= 0.6 is 0 Å². The third-order valence-corrected chi connectivity index (χ3v) is 4.29. The van der Waals surface area contributed by atoms with Crippen molar-refractivity contribution < 1.29 is 14.6 Å². The molecule has 1 aliphatic rings. The minimum atomic E-state index is 0.197. The van der Waals surface area contributed by atoms with Crippen molar-refractivity contribution in [2.45, 2.75) is 25.8 Å². The van der Waals surface area contributed by atoms with Gasteiger partial charge in [0.1, 0.15) is 0 Å². The van der Waals surface area contributed by atoms with Crippen molar-refractivity contribution in [1.29, 1.82) is 0 Å². The van der Waals surface area contributed by atoms with Gasteiger partial charge < -0.3 is 14.6 Å². The minimum Gasteiger partial charge on any atom is -0.504 e. The summed E-state index contributed by atoms with van der Waals surface area (Å²) in [6.45, 7) is 5.27. The number of methoxy groups -OCH3 is 2. The zero-order chi connectivity index (χ0) is 14.5. The van der Waals surface area contributed by atoms with Gasteiger partial charge in [-0.3, -0.25) is 4.90 Å². The molecule has 0 saturated carbocycles. The van der Waals surface area contributed by atoms with Crippen LogP contribution in [0.4, 0.5) is 0 Å². The van der Waals surface area contributed by atoms with E-state index < -0.39 is 0 Å². The van der Waals surface area contributed by atoms with Crippen LogP contribution in [-0.2, 0) is 4.74 Å². The minimum absolute atomic E-state index is 0.197. The summed E-state index contributed by atoms with van der Waals surface area (Å²) >= 11 is 0. The highest BCUT2D eigenvalue weighted by Gasteiger charge is 2.23. The van der Waals surface area contributed by atoms with Crippen LogP contribution in [0.25, 0.3) is 0 Å². The second-order valence-corrected chi connectivity index (χ2v) is 5.54. The van der Waals surface area contributed by atoms with Gasteiger partial charge in [0.15, 0.2) is 11.5 Å². The topological polar surface area (TPSA) is 41.9 Å². The Kier molecular flexibility index (Phi) is 5.26. The first kappa shape index (κ1) is 15.1. The average Bonchev–Trinajstić information content (AvgIpc) is 2.48. The van der Waals surface area contributed by atoms with Gasteiger partial charge in [0.25, 0.3) is 0 Å². The molecule has 1 N–H and O–H groups in total. The molecular weight excluding hydrogens is 254 g/mol. The Hall–Kier alpha value is -1.26. The highest BCUT2D eigenvalue weighted by atomic mass is 16.5. The number of likely N-dealkylation sites (tertiary alicyclic amines) is 1. The maximum atomic E-state index is 9.67. The van der Waals surface area contributed by atoms with Crippen LogP contribution in [0.15, 0.2) is 18.2 Å². The van der Waals surface area contributed by atoms with Gasteiger partial charge in [-0.15, -0.1) is 0 Å². The molecular formula is C16H25NO3. The molecule has 1 unspecified atom stereocenters. The number of ether oxygens (including phenoxy) is 2. The number of benzene rings is 1. The number of hydrogen-bond acceptors (Lipinski definition) is 4. The second-order valence-electron chi connectivity index (χ2n) is 5.54. The van der Waals surface area contributed by atoms with Gasteiger partial charge in [-0.1, -0.05) is 6.07 Å². The highest BCUT2D eigenvalue weighted by Crippen LogP contribution is 2.32. The van der Waals surface area contributed by atoms with E-state index in [4.69, 9.17) is 9.47 Å². The van der Waals surface area contributed by atoms with Gasteiger partial charge in [0, 0.05) is 19.8 Å². The number of aromatic hydroxyl groups is 1. The first-order valence-electron chi connectivity index (χ1n) is 7.25.